The van der Waals surface area contributed by atoms with E-state index < -0.39 is 26.8 Å². The minimum absolute atomic E-state index is 0.0980. The number of halogens is 5. The Morgan fingerprint density at radius 1 is 1.10 bits per heavy atom. The zero-order valence-corrected chi connectivity index (χ0v) is 12.1. The molecule has 0 aliphatic carbocycles. The van der Waals surface area contributed by atoms with E-state index >= 15 is 0 Å². The zero-order valence-electron chi connectivity index (χ0n) is 9.75. The summed E-state index contributed by atoms with van der Waals surface area (Å²) in [6.45, 7) is 0. The highest BCUT2D eigenvalue weighted by Crippen LogP contribution is 2.28. The Kier molecular flexibility index (Phi) is 3.85. The Hall–Kier alpha value is -1.45. The average molecular weight is 361 g/mol. The maximum atomic E-state index is 12.3. The number of alkyl halides is 3. The maximum Gasteiger partial charge on any atom is 0.516 e. The summed E-state index contributed by atoms with van der Waals surface area (Å²) in [6.07, 6.45) is 0. The predicted octanol–water partition coefficient (Wildman–Crippen LogP) is 3.10. The maximum absolute atomic E-state index is 12.3. The number of aromatic nitrogens is 1. The molecule has 0 amide bonds. The number of nitrogens with one attached hydrogen (secondary N) is 2. The van der Waals surface area contributed by atoms with Crippen LogP contribution in [0.3, 0.4) is 0 Å². The van der Waals surface area contributed by atoms with Gasteiger partial charge in [0.25, 0.3) is 5.56 Å². The van der Waals surface area contributed by atoms with Crippen LogP contribution in [-0.2, 0) is 10.0 Å². The number of pyridine rings is 1. The molecule has 2 N–H and O–H groups in total. The van der Waals surface area contributed by atoms with Crippen LogP contribution in [0.4, 0.5) is 18.9 Å². The van der Waals surface area contributed by atoms with Crippen molar-refractivity contribution in [1.82, 2.24) is 4.98 Å². The molecule has 21 heavy (non-hydrogen) atoms. The molecule has 1 aromatic carbocycles. The number of hydrogen-bond acceptors (Lipinski definition) is 3. The van der Waals surface area contributed by atoms with Crippen molar-refractivity contribution < 1.29 is 21.6 Å². The first-order valence-electron chi connectivity index (χ1n) is 5.12. The van der Waals surface area contributed by atoms with Crippen LogP contribution in [0, 0.1) is 0 Å². The van der Waals surface area contributed by atoms with Crippen molar-refractivity contribution in [2.24, 2.45) is 0 Å². The Morgan fingerprint density at radius 3 is 2.24 bits per heavy atom. The highest BCUT2D eigenvalue weighted by Gasteiger charge is 2.46. The van der Waals surface area contributed by atoms with Crippen LogP contribution in [0.15, 0.2) is 23.0 Å². The second-order valence-corrected chi connectivity index (χ2v) is 6.41. The summed E-state index contributed by atoms with van der Waals surface area (Å²) < 4.78 is 60.0. The normalized spacial score (nSPS) is 12.6. The summed E-state index contributed by atoms with van der Waals surface area (Å²) in [6, 6.07) is 3.50. The highest BCUT2D eigenvalue weighted by atomic mass is 35.5. The van der Waals surface area contributed by atoms with Gasteiger partial charge in [0.15, 0.2) is 0 Å². The van der Waals surface area contributed by atoms with E-state index in [4.69, 9.17) is 23.2 Å². The lowest BCUT2D eigenvalue weighted by molar-refractivity contribution is -0.0429. The number of fused-ring (bicyclic) bond motifs is 1. The van der Waals surface area contributed by atoms with Crippen molar-refractivity contribution in [2.45, 2.75) is 5.51 Å². The van der Waals surface area contributed by atoms with Crippen LogP contribution >= 0.6 is 23.2 Å². The Morgan fingerprint density at radius 2 is 1.67 bits per heavy atom. The van der Waals surface area contributed by atoms with Gasteiger partial charge in [-0.1, -0.05) is 23.2 Å². The van der Waals surface area contributed by atoms with Crippen molar-refractivity contribution in [3.05, 3.63) is 38.6 Å². The fraction of sp³-hybridized carbons (Fsp3) is 0.100. The molecule has 0 bridgehead atoms. The highest BCUT2D eigenvalue weighted by molar-refractivity contribution is 7.93. The summed E-state index contributed by atoms with van der Waals surface area (Å²) >= 11 is 11.5. The third-order valence-electron chi connectivity index (χ3n) is 2.43. The number of sulfonamides is 1. The summed E-state index contributed by atoms with van der Waals surface area (Å²) in [4.78, 5) is 13.8. The van der Waals surface area contributed by atoms with Crippen molar-refractivity contribution in [3.8, 4) is 0 Å². The minimum atomic E-state index is -5.69. The van der Waals surface area contributed by atoms with E-state index in [1.165, 1.54) is 16.9 Å². The van der Waals surface area contributed by atoms with Crippen LogP contribution in [0.2, 0.25) is 10.0 Å². The van der Waals surface area contributed by atoms with Crippen LogP contribution in [-0.4, -0.2) is 18.9 Å². The number of aromatic amines is 1. The summed E-state index contributed by atoms with van der Waals surface area (Å²) in [5, 5.41) is 0.438. The van der Waals surface area contributed by atoms with Gasteiger partial charge in [-0.25, -0.2) is 0 Å². The minimum Gasteiger partial charge on any atom is -0.320 e. The van der Waals surface area contributed by atoms with Crippen LogP contribution in [0.5, 0.6) is 0 Å². The van der Waals surface area contributed by atoms with Crippen molar-refractivity contribution >= 4 is 49.8 Å². The average Bonchev–Trinajstić information content (AvgIpc) is 2.31. The SMILES string of the molecule is O=c1[nH]c2cc(Cl)c(Cl)cc2cc1NS(=O)(=O)C(F)(F)F. The quantitative estimate of drug-likeness (QED) is 0.863. The lowest BCUT2D eigenvalue weighted by atomic mass is 10.2. The molecule has 0 radical (unpaired) electrons. The molecule has 0 aliphatic heterocycles. The van der Waals surface area contributed by atoms with Crippen molar-refractivity contribution in [3.63, 3.8) is 0 Å². The van der Waals surface area contributed by atoms with Gasteiger partial charge in [0, 0.05) is 10.9 Å². The largest absolute Gasteiger partial charge is 0.516 e. The van der Waals surface area contributed by atoms with E-state index in [-0.39, 0.29) is 20.9 Å². The number of benzene rings is 1. The second-order valence-electron chi connectivity index (χ2n) is 3.92. The Bertz CT molecular complexity index is 877. The van der Waals surface area contributed by atoms with Crippen LogP contribution < -0.4 is 10.3 Å². The first kappa shape index (κ1) is 15.9. The lowest BCUT2D eigenvalue weighted by Gasteiger charge is -2.10. The Balaban J connectivity index is 2.59. The van der Waals surface area contributed by atoms with Crippen molar-refractivity contribution in [1.29, 1.82) is 0 Å². The molecule has 2 aromatic rings. The summed E-state index contributed by atoms with van der Waals surface area (Å²) in [7, 11) is -5.69. The summed E-state index contributed by atoms with van der Waals surface area (Å²) in [5.74, 6) is 0. The third kappa shape index (κ3) is 3.09. The van der Waals surface area contributed by atoms with Gasteiger partial charge >= 0.3 is 15.5 Å². The molecule has 2 rings (SSSR count). The standard InChI is InChI=1S/C10H5Cl2F3N2O3S/c11-5-1-4-2-8(17-21(19,20)10(13,14)15)9(18)16-7(4)3-6(5)12/h1-3,17H,(H,16,18). The van der Waals surface area contributed by atoms with E-state index in [9.17, 15) is 26.4 Å². The molecule has 0 atom stereocenters. The van der Waals surface area contributed by atoms with Gasteiger partial charge in [-0.05, 0) is 18.2 Å². The van der Waals surface area contributed by atoms with E-state index in [2.05, 4.69) is 4.98 Å². The molecular weight excluding hydrogens is 356 g/mol. The Labute approximate surface area is 125 Å². The van der Waals surface area contributed by atoms with Crippen LogP contribution in [0.1, 0.15) is 0 Å². The van der Waals surface area contributed by atoms with Crippen molar-refractivity contribution in [2.75, 3.05) is 4.72 Å². The molecular formula is C10H5Cl2F3N2O3S. The molecule has 0 aliphatic rings. The third-order valence-corrected chi connectivity index (χ3v) is 4.25. The van der Waals surface area contributed by atoms with Gasteiger partial charge in [-0.15, -0.1) is 0 Å². The second kappa shape index (κ2) is 5.08. The van der Waals surface area contributed by atoms with Gasteiger partial charge in [-0.3, -0.25) is 9.52 Å². The molecule has 1 aromatic heterocycles. The van der Waals surface area contributed by atoms with E-state index in [0.717, 1.165) is 6.07 Å². The first-order chi connectivity index (χ1) is 9.51. The molecule has 11 heteroatoms. The molecule has 0 unspecified atom stereocenters. The predicted molar refractivity (Wildman–Crippen MR) is 73.2 cm³/mol. The number of H-pyrrole nitrogens is 1. The van der Waals surface area contributed by atoms with Gasteiger partial charge in [-0.2, -0.15) is 21.6 Å². The van der Waals surface area contributed by atoms with Gasteiger partial charge in [0.2, 0.25) is 0 Å². The van der Waals surface area contributed by atoms with Crippen LogP contribution in [0.25, 0.3) is 10.9 Å². The smallest absolute Gasteiger partial charge is 0.320 e. The number of hydrogen-bond donors (Lipinski definition) is 2. The molecule has 1 heterocycles. The molecule has 0 saturated carbocycles. The summed E-state index contributed by atoms with van der Waals surface area (Å²) in [5.41, 5.74) is -7.16. The zero-order chi connectivity index (χ0) is 16.0. The molecule has 0 saturated heterocycles. The van der Waals surface area contributed by atoms with E-state index in [0.29, 0.717) is 0 Å². The fourth-order valence-corrected chi connectivity index (χ4v) is 2.37. The van der Waals surface area contributed by atoms with E-state index in [1.54, 1.807) is 0 Å². The molecule has 114 valence electrons. The first-order valence-corrected chi connectivity index (χ1v) is 7.36. The van der Waals surface area contributed by atoms with Gasteiger partial charge in [0.05, 0.1) is 10.0 Å². The van der Waals surface area contributed by atoms with Gasteiger partial charge < -0.3 is 4.98 Å². The number of rotatable bonds is 2. The van der Waals surface area contributed by atoms with E-state index in [1.807, 2.05) is 0 Å². The molecule has 0 fully saturated rings. The topological polar surface area (TPSA) is 79.0 Å². The number of anilines is 1. The van der Waals surface area contributed by atoms with Gasteiger partial charge in [0.1, 0.15) is 5.69 Å². The lowest BCUT2D eigenvalue weighted by Crippen LogP contribution is -2.32. The monoisotopic (exact) mass is 360 g/mol. The molecule has 0 spiro atoms. The fourth-order valence-electron chi connectivity index (χ4n) is 1.48. The molecule has 5 nitrogen and oxygen atoms in total.